The Bertz CT molecular complexity index is 839. The maximum atomic E-state index is 12.0. The quantitative estimate of drug-likeness (QED) is 0.780. The molecule has 2 fully saturated rings. The number of piperidine rings is 1. The number of nitrogens with zero attached hydrogens (tertiary/aromatic N) is 4. The third-order valence-electron chi connectivity index (χ3n) is 6.48. The van der Waals surface area contributed by atoms with Crippen molar-refractivity contribution in [2.45, 2.75) is 51.6 Å². The molecule has 0 saturated carbocycles. The van der Waals surface area contributed by atoms with Gasteiger partial charge in [0, 0.05) is 38.8 Å². The van der Waals surface area contributed by atoms with Crippen LogP contribution in [-0.4, -0.2) is 65.7 Å². The lowest BCUT2D eigenvalue weighted by molar-refractivity contribution is 0.100. The molecule has 3 N–H and O–H groups in total. The summed E-state index contributed by atoms with van der Waals surface area (Å²) in [5.74, 6) is 0.564. The van der Waals surface area contributed by atoms with Gasteiger partial charge in [-0.2, -0.15) is 0 Å². The number of imidazole rings is 1. The number of nitrogens with two attached hydrogens (primary N) is 1. The highest BCUT2D eigenvalue weighted by atomic mass is 16.1. The minimum absolute atomic E-state index is 0.411. The van der Waals surface area contributed by atoms with Crippen LogP contribution in [0, 0.1) is 0 Å². The molecule has 2 aromatic rings. The van der Waals surface area contributed by atoms with E-state index in [0.29, 0.717) is 11.6 Å². The lowest BCUT2D eigenvalue weighted by Crippen LogP contribution is -2.41. The van der Waals surface area contributed by atoms with Gasteiger partial charge in [0.1, 0.15) is 5.52 Å². The summed E-state index contributed by atoms with van der Waals surface area (Å²) < 4.78 is 2.31. The molecule has 3 heterocycles. The molecule has 0 radical (unpaired) electrons. The molecule has 2 saturated heterocycles. The molecule has 1 atom stereocenters. The van der Waals surface area contributed by atoms with Gasteiger partial charge in [-0.3, -0.25) is 9.69 Å². The number of fused-ring (bicyclic) bond motifs is 1. The highest BCUT2D eigenvalue weighted by Crippen LogP contribution is 2.27. The minimum atomic E-state index is -0.411. The van der Waals surface area contributed by atoms with Crippen molar-refractivity contribution in [3.63, 3.8) is 0 Å². The Kier molecular flexibility index (Phi) is 6.35. The molecular weight excluding hydrogens is 364 g/mol. The zero-order chi connectivity index (χ0) is 20.2. The van der Waals surface area contributed by atoms with Crippen molar-refractivity contribution in [1.29, 1.82) is 0 Å². The van der Waals surface area contributed by atoms with Gasteiger partial charge in [0.25, 0.3) is 5.91 Å². The fourth-order valence-corrected chi connectivity index (χ4v) is 4.89. The lowest BCUT2D eigenvalue weighted by Gasteiger charge is -2.35. The molecule has 0 spiro atoms. The van der Waals surface area contributed by atoms with Crippen LogP contribution >= 0.6 is 0 Å². The Labute approximate surface area is 173 Å². The van der Waals surface area contributed by atoms with Gasteiger partial charge in [-0.15, -0.1) is 0 Å². The summed E-state index contributed by atoms with van der Waals surface area (Å²) in [5, 5.41) is 3.47. The minimum Gasteiger partial charge on any atom is -0.366 e. The molecule has 29 heavy (non-hydrogen) atoms. The van der Waals surface area contributed by atoms with E-state index in [1.54, 1.807) is 6.07 Å². The van der Waals surface area contributed by atoms with Gasteiger partial charge in [0.05, 0.1) is 11.1 Å². The van der Waals surface area contributed by atoms with Crippen LogP contribution in [0.3, 0.4) is 0 Å². The molecule has 158 valence electrons. The number of benzene rings is 1. The second-order valence-corrected chi connectivity index (χ2v) is 8.29. The second kappa shape index (κ2) is 9.13. The number of aromatic nitrogens is 2. The first-order valence-corrected chi connectivity index (χ1v) is 11.2. The van der Waals surface area contributed by atoms with Crippen LogP contribution in [0.1, 0.15) is 49.4 Å². The fraction of sp³-hybridized carbons (Fsp3) is 0.636. The van der Waals surface area contributed by atoms with Gasteiger partial charge in [-0.25, -0.2) is 4.98 Å². The standard InChI is InChI=1S/C22H34N6O/c1-2-17-7-3-4-12-26(17)15-16-28-19-9-5-8-18(21(23)29)20(19)25-22(28)27-13-6-10-24-11-14-27/h5,8-9,17,24H,2-4,6-7,10-16H2,1H3,(H2,23,29). The van der Waals surface area contributed by atoms with Crippen molar-refractivity contribution in [3.8, 4) is 0 Å². The Morgan fingerprint density at radius 2 is 2.07 bits per heavy atom. The van der Waals surface area contributed by atoms with Crippen molar-refractivity contribution in [2.24, 2.45) is 5.73 Å². The van der Waals surface area contributed by atoms with Gasteiger partial charge < -0.3 is 20.5 Å². The third kappa shape index (κ3) is 4.26. The average molecular weight is 399 g/mol. The topological polar surface area (TPSA) is 79.4 Å². The third-order valence-corrected chi connectivity index (χ3v) is 6.48. The summed E-state index contributed by atoms with van der Waals surface area (Å²) in [5.41, 5.74) is 7.91. The van der Waals surface area contributed by atoms with Crippen LogP contribution in [0.4, 0.5) is 5.95 Å². The molecule has 0 bridgehead atoms. The highest BCUT2D eigenvalue weighted by molar-refractivity contribution is 6.04. The fourth-order valence-electron chi connectivity index (χ4n) is 4.89. The first kappa shape index (κ1) is 20.2. The van der Waals surface area contributed by atoms with Crippen molar-refractivity contribution in [3.05, 3.63) is 23.8 Å². The maximum Gasteiger partial charge on any atom is 0.250 e. The Balaban J connectivity index is 1.68. The van der Waals surface area contributed by atoms with Gasteiger partial charge >= 0.3 is 0 Å². The predicted molar refractivity (Wildman–Crippen MR) is 117 cm³/mol. The van der Waals surface area contributed by atoms with E-state index < -0.39 is 5.91 Å². The van der Waals surface area contributed by atoms with Crippen LogP contribution in [0.5, 0.6) is 0 Å². The van der Waals surface area contributed by atoms with Crippen LogP contribution in [0.2, 0.25) is 0 Å². The van der Waals surface area contributed by atoms with Crippen molar-refractivity contribution >= 4 is 22.9 Å². The van der Waals surface area contributed by atoms with E-state index >= 15 is 0 Å². The number of carbonyl (C=O) groups is 1. The number of amides is 1. The van der Waals surface area contributed by atoms with Crippen LogP contribution in [0.25, 0.3) is 11.0 Å². The number of carbonyl (C=O) groups excluding carboxylic acids is 1. The Morgan fingerprint density at radius 1 is 1.17 bits per heavy atom. The van der Waals surface area contributed by atoms with E-state index in [0.717, 1.165) is 62.7 Å². The van der Waals surface area contributed by atoms with E-state index in [2.05, 4.69) is 32.7 Å². The van der Waals surface area contributed by atoms with E-state index in [1.165, 1.54) is 32.2 Å². The molecule has 1 unspecified atom stereocenters. The molecule has 2 aliphatic heterocycles. The summed E-state index contributed by atoms with van der Waals surface area (Å²) in [6.45, 7) is 9.27. The van der Waals surface area contributed by atoms with Crippen LogP contribution in [-0.2, 0) is 6.54 Å². The molecule has 1 aromatic carbocycles. The summed E-state index contributed by atoms with van der Waals surface area (Å²) in [6, 6.07) is 6.46. The molecule has 0 aliphatic carbocycles. The average Bonchev–Trinajstić information content (AvgIpc) is 2.91. The molecule has 2 aliphatic rings. The van der Waals surface area contributed by atoms with E-state index in [4.69, 9.17) is 10.7 Å². The van der Waals surface area contributed by atoms with Gasteiger partial charge in [-0.1, -0.05) is 19.4 Å². The molecule has 7 heteroatoms. The van der Waals surface area contributed by atoms with Gasteiger partial charge in [0.2, 0.25) is 5.95 Å². The number of likely N-dealkylation sites (tertiary alicyclic amines) is 1. The first-order chi connectivity index (χ1) is 14.2. The molecule has 7 nitrogen and oxygen atoms in total. The summed E-state index contributed by atoms with van der Waals surface area (Å²) in [4.78, 5) is 21.9. The Morgan fingerprint density at radius 3 is 2.90 bits per heavy atom. The van der Waals surface area contributed by atoms with Crippen molar-refractivity contribution < 1.29 is 4.79 Å². The Hall–Kier alpha value is -2.12. The SMILES string of the molecule is CCC1CCCCN1CCn1c(N2CCCNCC2)nc2c(C(N)=O)cccc21. The summed E-state index contributed by atoms with van der Waals surface area (Å²) in [7, 11) is 0. The van der Waals surface area contributed by atoms with Crippen LogP contribution < -0.4 is 16.0 Å². The summed E-state index contributed by atoms with van der Waals surface area (Å²) in [6.07, 6.45) is 6.24. The number of hydrogen-bond donors (Lipinski definition) is 2. The molecule has 1 aromatic heterocycles. The van der Waals surface area contributed by atoms with E-state index in [1.807, 2.05) is 6.07 Å². The van der Waals surface area contributed by atoms with Crippen molar-refractivity contribution in [2.75, 3.05) is 44.2 Å². The number of para-hydroxylation sites is 1. The van der Waals surface area contributed by atoms with Gasteiger partial charge in [-0.05, 0) is 50.9 Å². The zero-order valence-corrected chi connectivity index (χ0v) is 17.6. The van der Waals surface area contributed by atoms with Gasteiger partial charge in [0.15, 0.2) is 0 Å². The predicted octanol–water partition coefficient (Wildman–Crippen LogP) is 2.20. The second-order valence-electron chi connectivity index (χ2n) is 8.29. The highest BCUT2D eigenvalue weighted by Gasteiger charge is 2.24. The van der Waals surface area contributed by atoms with Crippen molar-refractivity contribution in [1.82, 2.24) is 19.8 Å². The number of nitrogens with one attached hydrogen (secondary N) is 1. The zero-order valence-electron chi connectivity index (χ0n) is 17.6. The smallest absolute Gasteiger partial charge is 0.250 e. The number of rotatable bonds is 6. The van der Waals surface area contributed by atoms with E-state index in [9.17, 15) is 4.79 Å². The van der Waals surface area contributed by atoms with E-state index in [-0.39, 0.29) is 0 Å². The maximum absolute atomic E-state index is 12.0. The normalized spacial score (nSPS) is 21.4. The molecular formula is C22H34N6O. The lowest BCUT2D eigenvalue weighted by atomic mass is 10.0. The largest absolute Gasteiger partial charge is 0.366 e. The monoisotopic (exact) mass is 398 g/mol. The number of primary amides is 1. The number of anilines is 1. The first-order valence-electron chi connectivity index (χ1n) is 11.2. The summed E-state index contributed by atoms with van der Waals surface area (Å²) >= 11 is 0. The molecule has 4 rings (SSSR count). The van der Waals surface area contributed by atoms with Crippen LogP contribution in [0.15, 0.2) is 18.2 Å². The number of hydrogen-bond acceptors (Lipinski definition) is 5. The molecule has 1 amide bonds.